The van der Waals surface area contributed by atoms with Crippen LogP contribution in [0.1, 0.15) is 94.5 Å². The van der Waals surface area contributed by atoms with Crippen molar-refractivity contribution in [1.82, 2.24) is 29.9 Å². The third-order valence-corrected chi connectivity index (χ3v) is 20.5. The Morgan fingerprint density at radius 2 is 0.372 bits per heavy atom. The van der Waals surface area contributed by atoms with Gasteiger partial charge in [-0.1, -0.05) is 406 Å². The molecule has 113 heavy (non-hydrogen) atoms. The minimum atomic E-state index is -0.374. The van der Waals surface area contributed by atoms with Crippen LogP contribution >= 0.6 is 23.2 Å². The molecule has 8 nitrogen and oxygen atoms in total. The van der Waals surface area contributed by atoms with E-state index >= 15 is 0 Å². The molecule has 546 valence electrons. The second kappa shape index (κ2) is 35.3. The number of aromatic nitrogens is 6. The topological polar surface area (TPSA) is 95.8 Å². The van der Waals surface area contributed by atoms with Crippen LogP contribution in [0.3, 0.4) is 0 Å². The maximum atomic E-state index is 6.29. The Hall–Kier alpha value is -13.1. The maximum Gasteiger partial charge on any atom is 0.494 e. The summed E-state index contributed by atoms with van der Waals surface area (Å²) in [4.78, 5) is 27.0. The number of benzene rings is 14. The van der Waals surface area contributed by atoms with Gasteiger partial charge in [0.2, 0.25) is 10.6 Å². The summed E-state index contributed by atoms with van der Waals surface area (Å²) >= 11 is 11.3. The molecule has 0 amide bonds. The van der Waals surface area contributed by atoms with E-state index in [0.29, 0.717) is 23.3 Å². The van der Waals surface area contributed by atoms with Crippen molar-refractivity contribution in [2.75, 3.05) is 0 Å². The number of hydrogen-bond acceptors (Lipinski definition) is 8. The zero-order valence-electron chi connectivity index (χ0n) is 63.0. The summed E-state index contributed by atoms with van der Waals surface area (Å²) in [5, 5.41) is 0.202. The molecule has 1 saturated heterocycles. The van der Waals surface area contributed by atoms with Gasteiger partial charge < -0.3 is 9.31 Å². The van der Waals surface area contributed by atoms with E-state index in [9.17, 15) is 0 Å². The second-order valence-electron chi connectivity index (χ2n) is 28.1. The van der Waals surface area contributed by atoms with Gasteiger partial charge in [-0.25, -0.2) is 15.0 Å². The van der Waals surface area contributed by atoms with E-state index in [1.807, 2.05) is 60.7 Å². The highest BCUT2D eigenvalue weighted by Crippen LogP contribution is 2.43. The third kappa shape index (κ3) is 17.9. The average Bonchev–Trinajstić information content (AvgIpc) is 1.72. The van der Waals surface area contributed by atoms with Crippen molar-refractivity contribution < 1.29 is 9.31 Å². The molecule has 17 rings (SSSR count). The molecule has 14 aromatic carbocycles. The fourth-order valence-corrected chi connectivity index (χ4v) is 14.3. The van der Waals surface area contributed by atoms with Gasteiger partial charge in [0.25, 0.3) is 0 Å². The van der Waals surface area contributed by atoms with Crippen LogP contribution < -0.4 is 5.46 Å². The number of hydrogen-bond donors (Lipinski definition) is 0. The molecule has 16 aromatic rings. The van der Waals surface area contributed by atoms with Crippen LogP contribution in [0.25, 0.3) is 79.0 Å². The largest absolute Gasteiger partial charge is 0.494 e. The molecule has 0 bridgehead atoms. The van der Waals surface area contributed by atoms with Crippen molar-refractivity contribution >= 4 is 69.2 Å². The molecular weight excluding hydrogens is 1420 g/mol. The molecule has 0 radical (unpaired) electrons. The molecule has 1 aliphatic rings. The fraction of sp³-hybridized carbons (Fsp3) is 0.0588. The fourth-order valence-electron chi connectivity index (χ4n) is 13.9. The monoisotopic (exact) mass is 1500 g/mol. The van der Waals surface area contributed by atoms with Crippen molar-refractivity contribution in [3.05, 3.63) is 484 Å². The average molecular weight is 1500 g/mol. The highest BCUT2D eigenvalue weighted by atomic mass is 35.5. The minimum Gasteiger partial charge on any atom is -0.399 e. The van der Waals surface area contributed by atoms with Crippen LogP contribution in [0, 0.1) is 0 Å². The summed E-state index contributed by atoms with van der Waals surface area (Å²) in [6.45, 7) is 8.35. The highest BCUT2D eigenvalue weighted by Gasteiger charge is 2.51. The van der Waals surface area contributed by atoms with E-state index in [0.717, 1.165) is 88.9 Å². The van der Waals surface area contributed by atoms with E-state index in [1.165, 1.54) is 39.0 Å². The summed E-state index contributed by atoms with van der Waals surface area (Å²) in [6.07, 6.45) is 0. The molecule has 0 spiro atoms. The van der Waals surface area contributed by atoms with E-state index < -0.39 is 0 Å². The quantitative estimate of drug-likeness (QED) is 0.0657. The molecule has 0 N–H and O–H groups in total. The molecule has 11 heteroatoms. The normalized spacial score (nSPS) is 12.4. The first kappa shape index (κ1) is 75.3. The van der Waals surface area contributed by atoms with Crippen LogP contribution in [0.4, 0.5) is 0 Å². The van der Waals surface area contributed by atoms with E-state index in [1.54, 1.807) is 0 Å². The first-order chi connectivity index (χ1) is 55.4. The predicted molar refractivity (Wildman–Crippen MR) is 467 cm³/mol. The first-order valence-corrected chi connectivity index (χ1v) is 38.5. The van der Waals surface area contributed by atoms with Crippen LogP contribution in [-0.4, -0.2) is 48.2 Å². The van der Waals surface area contributed by atoms with Gasteiger partial charge >= 0.3 is 7.12 Å². The van der Waals surface area contributed by atoms with Crippen LogP contribution in [0.2, 0.25) is 10.6 Å². The Morgan fingerprint density at radius 3 is 0.584 bits per heavy atom. The highest BCUT2D eigenvalue weighted by molar-refractivity contribution is 6.62. The summed E-state index contributed by atoms with van der Waals surface area (Å²) < 4.78 is 12.6. The Morgan fingerprint density at radius 1 is 0.204 bits per heavy atom. The molecule has 1 aliphatic heterocycles. The van der Waals surface area contributed by atoms with Crippen molar-refractivity contribution in [3.63, 3.8) is 0 Å². The van der Waals surface area contributed by atoms with Crippen LogP contribution in [-0.2, 0) is 9.31 Å². The van der Waals surface area contributed by atoms with Crippen molar-refractivity contribution in [2.24, 2.45) is 0 Å². The van der Waals surface area contributed by atoms with E-state index in [4.69, 9.17) is 47.5 Å². The van der Waals surface area contributed by atoms with Gasteiger partial charge in [-0.05, 0) is 157 Å². The summed E-state index contributed by atoms with van der Waals surface area (Å²) in [6, 6.07) is 141. The Labute approximate surface area is 672 Å². The molecule has 3 heterocycles. The summed E-state index contributed by atoms with van der Waals surface area (Å²) in [7, 11) is -0.374. The standard InChI is InChI=1S/C61H43N3.C32H31BO2.C9H5Cl2N3/c1-8-22-44(23-9-1)55(45-24-10-2-11-25-45)57(48-30-16-5-17-31-48)50-36-40-53(41-37-50)60-62-59(52-34-20-7-21-35-52)63-61(64-60)54-42-38-51(39-43-54)58(49-32-18-6-19-33-49)56(46-26-12-3-13-27-46)47-28-14-4-15-29-47;1-31(2)32(3,4)35-33(34-31)28-22-20-27(21-23-28)30(26-18-12-7-13-19-26)29(24-14-8-5-9-15-24)25-16-10-6-11-17-25;10-8-12-7(13-9(11)14-8)6-4-2-1-3-5-6/h1-43H;5-23H,1-4H3;1-5H. The Balaban J connectivity index is 0.000000170. The molecule has 1 fully saturated rings. The van der Waals surface area contributed by atoms with Gasteiger partial charge in [0.05, 0.1) is 11.2 Å². The van der Waals surface area contributed by atoms with Crippen molar-refractivity contribution in [3.8, 4) is 45.6 Å². The van der Waals surface area contributed by atoms with Crippen LogP contribution in [0.5, 0.6) is 0 Å². The van der Waals surface area contributed by atoms with Gasteiger partial charge in [0, 0.05) is 22.3 Å². The minimum absolute atomic E-state index is 0.101. The van der Waals surface area contributed by atoms with Gasteiger partial charge in [-0.3, -0.25) is 0 Å². The molecule has 0 unspecified atom stereocenters. The first-order valence-electron chi connectivity index (χ1n) is 37.7. The lowest BCUT2D eigenvalue weighted by Gasteiger charge is -2.32. The smallest absolute Gasteiger partial charge is 0.399 e. The Bertz CT molecular complexity index is 5560. The zero-order valence-corrected chi connectivity index (χ0v) is 64.5. The SMILES string of the molecule is CC1(C)OB(c2ccc(C(=C(c3ccccc3)c3ccccc3)c3ccccc3)cc2)OC1(C)C.Clc1nc(Cl)nc(-c2ccccc2)n1.c1ccc(C(=C(c2ccccc2)c2ccc(-c3nc(-c4ccccc4)nc(-c4ccc(C(=C(c5ccccc5)c5ccccc5)c5ccccc5)cc4)n3)cc2)c2ccccc2)cc1. The molecule has 2 aromatic heterocycles. The molecule has 0 saturated carbocycles. The molecule has 0 atom stereocenters. The summed E-state index contributed by atoms with van der Waals surface area (Å²) in [5.74, 6) is 2.32. The maximum absolute atomic E-state index is 6.29. The van der Waals surface area contributed by atoms with E-state index in [-0.39, 0.29) is 28.9 Å². The lowest BCUT2D eigenvalue weighted by molar-refractivity contribution is 0.00578. The third-order valence-electron chi connectivity index (χ3n) is 20.2. The Kier molecular flexibility index (Phi) is 23.5. The molecule has 0 aliphatic carbocycles. The van der Waals surface area contributed by atoms with Crippen molar-refractivity contribution in [2.45, 2.75) is 38.9 Å². The summed E-state index contributed by atoms with van der Waals surface area (Å²) in [5.41, 5.74) is 24.7. The lowest BCUT2D eigenvalue weighted by Crippen LogP contribution is -2.41. The zero-order chi connectivity index (χ0) is 77.4. The van der Waals surface area contributed by atoms with Gasteiger partial charge in [0.1, 0.15) is 0 Å². The second-order valence-corrected chi connectivity index (χ2v) is 28.8. The van der Waals surface area contributed by atoms with Gasteiger partial charge in [-0.15, -0.1) is 0 Å². The number of rotatable bonds is 17. The number of halogens is 2. The molecular formula is C102H79BCl2N6O2. The van der Waals surface area contributed by atoms with Crippen LogP contribution in [0.15, 0.2) is 406 Å². The number of nitrogens with zero attached hydrogens (tertiary/aromatic N) is 6. The van der Waals surface area contributed by atoms with E-state index in [2.05, 4.69) is 388 Å². The van der Waals surface area contributed by atoms with Gasteiger partial charge in [0.15, 0.2) is 23.3 Å². The van der Waals surface area contributed by atoms with Gasteiger partial charge in [-0.2, -0.15) is 15.0 Å². The lowest BCUT2D eigenvalue weighted by atomic mass is 9.77. The predicted octanol–water partition coefficient (Wildman–Crippen LogP) is 24.7. The van der Waals surface area contributed by atoms with Crippen molar-refractivity contribution in [1.29, 1.82) is 0 Å².